The number of imidazole rings is 1. The summed E-state index contributed by atoms with van der Waals surface area (Å²) in [6, 6.07) is 15.6. The number of anilines is 2. The fourth-order valence-electron chi connectivity index (χ4n) is 3.65. The molecule has 0 saturated carbocycles. The third-order valence-electron chi connectivity index (χ3n) is 5.24. The fourth-order valence-corrected chi connectivity index (χ4v) is 3.65. The molecule has 3 heterocycles. The lowest BCUT2D eigenvalue weighted by Gasteiger charge is -2.12. The molecule has 1 N–H and O–H groups in total. The largest absolute Gasteiger partial charge is 0.494 e. The maximum absolute atomic E-state index is 11.7. The Labute approximate surface area is 189 Å². The number of aryl methyl sites for hydroxylation is 1. The molecule has 0 aliphatic rings. The van der Waals surface area contributed by atoms with Gasteiger partial charge in [-0.2, -0.15) is 10.1 Å². The van der Waals surface area contributed by atoms with Gasteiger partial charge in [0.05, 0.1) is 42.9 Å². The highest BCUT2D eigenvalue weighted by molar-refractivity contribution is 5.93. The number of rotatable bonds is 7. The fraction of sp³-hybridized carbons (Fsp3) is 0.125. The van der Waals surface area contributed by atoms with Crippen LogP contribution in [0.2, 0.25) is 0 Å². The minimum atomic E-state index is 0.277. The Bertz CT molecular complexity index is 1440. The lowest BCUT2D eigenvalue weighted by atomic mass is 10.2. The molecule has 0 radical (unpaired) electrons. The highest BCUT2D eigenvalue weighted by Gasteiger charge is 2.14. The second-order valence-electron chi connectivity index (χ2n) is 7.51. The van der Waals surface area contributed by atoms with E-state index in [0.29, 0.717) is 29.3 Å². The summed E-state index contributed by atoms with van der Waals surface area (Å²) in [5.74, 6) is 0.955. The smallest absolute Gasteiger partial charge is 0.229 e. The molecule has 3 aromatic heterocycles. The van der Waals surface area contributed by atoms with E-state index in [-0.39, 0.29) is 5.69 Å². The topological polar surface area (TPSA) is 99.7 Å². The number of hydrogen-bond donors (Lipinski definition) is 1. The van der Waals surface area contributed by atoms with Gasteiger partial charge >= 0.3 is 0 Å². The number of hydrogen-bond acceptors (Lipinski definition) is 7. The van der Waals surface area contributed by atoms with Crippen molar-refractivity contribution in [3.8, 4) is 11.4 Å². The lowest BCUT2D eigenvalue weighted by molar-refractivity contribution is 0.112. The maximum atomic E-state index is 11.7. The Kier molecular flexibility index (Phi) is 5.27. The van der Waals surface area contributed by atoms with Crippen molar-refractivity contribution in [1.29, 1.82) is 0 Å². The van der Waals surface area contributed by atoms with E-state index in [1.807, 2.05) is 66.2 Å². The molecule has 2 aromatic carbocycles. The summed E-state index contributed by atoms with van der Waals surface area (Å²) in [7, 11) is 1.61. The third-order valence-corrected chi connectivity index (χ3v) is 5.24. The number of fused-ring (bicyclic) bond motifs is 1. The SMILES string of the molecule is COc1cc(Nc2nc(C=O)c3cnn(Cc4ccccc4)c3n2)ccc1-n1cnc(C)c1. The van der Waals surface area contributed by atoms with Crippen LogP contribution in [0, 0.1) is 6.92 Å². The summed E-state index contributed by atoms with van der Waals surface area (Å²) in [6.07, 6.45) is 6.00. The Morgan fingerprint density at radius 2 is 1.97 bits per heavy atom. The minimum absolute atomic E-state index is 0.277. The van der Waals surface area contributed by atoms with Crippen molar-refractivity contribution in [2.24, 2.45) is 0 Å². The number of carbonyl (C=O) groups is 1. The van der Waals surface area contributed by atoms with Crippen molar-refractivity contribution in [3.63, 3.8) is 0 Å². The number of ether oxygens (including phenoxy) is 1. The predicted octanol–water partition coefficient (Wildman–Crippen LogP) is 3.93. The van der Waals surface area contributed by atoms with E-state index in [0.717, 1.165) is 28.9 Å². The molecular weight excluding hydrogens is 418 g/mol. The number of carbonyl (C=O) groups excluding carboxylic acids is 1. The number of benzene rings is 2. The molecule has 5 rings (SSSR count). The van der Waals surface area contributed by atoms with Gasteiger partial charge in [-0.15, -0.1) is 0 Å². The van der Waals surface area contributed by atoms with Crippen molar-refractivity contribution in [1.82, 2.24) is 29.3 Å². The van der Waals surface area contributed by atoms with Gasteiger partial charge in [0, 0.05) is 18.0 Å². The molecule has 9 nitrogen and oxygen atoms in total. The minimum Gasteiger partial charge on any atom is -0.494 e. The highest BCUT2D eigenvalue weighted by Crippen LogP contribution is 2.28. The van der Waals surface area contributed by atoms with Gasteiger partial charge in [-0.3, -0.25) is 4.79 Å². The molecule has 0 aliphatic heterocycles. The monoisotopic (exact) mass is 439 g/mol. The van der Waals surface area contributed by atoms with Gasteiger partial charge in [0.25, 0.3) is 0 Å². The molecule has 0 unspecified atom stereocenters. The van der Waals surface area contributed by atoms with Gasteiger partial charge in [0.2, 0.25) is 5.95 Å². The van der Waals surface area contributed by atoms with Crippen LogP contribution in [0.15, 0.2) is 67.3 Å². The summed E-state index contributed by atoms with van der Waals surface area (Å²) >= 11 is 0. The van der Waals surface area contributed by atoms with Crippen molar-refractivity contribution >= 4 is 29.0 Å². The summed E-state index contributed by atoms with van der Waals surface area (Å²) < 4.78 is 9.23. The number of nitrogens with zero attached hydrogens (tertiary/aromatic N) is 6. The summed E-state index contributed by atoms with van der Waals surface area (Å²) in [5, 5.41) is 8.21. The standard InChI is InChI=1S/C24H21N7O2/c1-16-12-30(15-25-16)21-9-8-18(10-22(21)33-2)27-24-28-20(14-32)19-11-26-31(23(19)29-24)13-17-6-4-3-5-7-17/h3-12,14-15H,13H2,1-2H3,(H,27,28,29). The van der Waals surface area contributed by atoms with Gasteiger partial charge in [-0.1, -0.05) is 30.3 Å². The van der Waals surface area contributed by atoms with Gasteiger partial charge in [-0.25, -0.2) is 14.6 Å². The van der Waals surface area contributed by atoms with E-state index in [4.69, 9.17) is 4.74 Å². The second kappa shape index (κ2) is 8.54. The van der Waals surface area contributed by atoms with Crippen LogP contribution >= 0.6 is 0 Å². The molecule has 9 heteroatoms. The maximum Gasteiger partial charge on any atom is 0.229 e. The Morgan fingerprint density at radius 3 is 2.70 bits per heavy atom. The average molecular weight is 439 g/mol. The summed E-state index contributed by atoms with van der Waals surface area (Å²) in [4.78, 5) is 25.0. The molecular formula is C24H21N7O2. The summed E-state index contributed by atoms with van der Waals surface area (Å²) in [6.45, 7) is 2.46. The normalized spacial score (nSPS) is 11.0. The van der Waals surface area contributed by atoms with Crippen LogP contribution in [0.25, 0.3) is 16.7 Å². The quantitative estimate of drug-likeness (QED) is 0.384. The Balaban J connectivity index is 1.49. The molecule has 0 aliphatic carbocycles. The predicted molar refractivity (Wildman–Crippen MR) is 124 cm³/mol. The van der Waals surface area contributed by atoms with Crippen molar-refractivity contribution in [3.05, 3.63) is 84.2 Å². The first kappa shape index (κ1) is 20.4. The molecule has 0 bridgehead atoms. The zero-order valence-corrected chi connectivity index (χ0v) is 18.1. The molecule has 0 fully saturated rings. The van der Waals surface area contributed by atoms with Crippen LogP contribution in [0.3, 0.4) is 0 Å². The highest BCUT2D eigenvalue weighted by atomic mass is 16.5. The zero-order valence-electron chi connectivity index (χ0n) is 18.1. The first-order chi connectivity index (χ1) is 16.1. The lowest BCUT2D eigenvalue weighted by Crippen LogP contribution is -2.06. The van der Waals surface area contributed by atoms with Crippen LogP contribution in [0.4, 0.5) is 11.6 Å². The van der Waals surface area contributed by atoms with Crippen molar-refractivity contribution < 1.29 is 9.53 Å². The van der Waals surface area contributed by atoms with Gasteiger partial charge in [-0.05, 0) is 24.6 Å². The van der Waals surface area contributed by atoms with E-state index in [9.17, 15) is 4.79 Å². The molecule has 33 heavy (non-hydrogen) atoms. The average Bonchev–Trinajstić information content (AvgIpc) is 3.45. The molecule has 0 amide bonds. The van der Waals surface area contributed by atoms with Gasteiger partial charge in [0.15, 0.2) is 11.9 Å². The molecule has 0 saturated heterocycles. The van der Waals surface area contributed by atoms with E-state index in [1.54, 1.807) is 24.3 Å². The van der Waals surface area contributed by atoms with Crippen LogP contribution in [0.5, 0.6) is 5.75 Å². The zero-order chi connectivity index (χ0) is 22.8. The van der Waals surface area contributed by atoms with E-state index in [1.165, 1.54) is 0 Å². The van der Waals surface area contributed by atoms with E-state index < -0.39 is 0 Å². The first-order valence-corrected chi connectivity index (χ1v) is 10.3. The number of aldehydes is 1. The van der Waals surface area contributed by atoms with Gasteiger partial charge in [0.1, 0.15) is 11.4 Å². The van der Waals surface area contributed by atoms with Crippen LogP contribution < -0.4 is 10.1 Å². The van der Waals surface area contributed by atoms with Crippen LogP contribution in [-0.2, 0) is 6.54 Å². The Morgan fingerprint density at radius 1 is 1.12 bits per heavy atom. The molecule has 0 spiro atoms. The number of nitrogens with one attached hydrogen (secondary N) is 1. The van der Waals surface area contributed by atoms with E-state index >= 15 is 0 Å². The molecule has 0 atom stereocenters. The van der Waals surface area contributed by atoms with Crippen molar-refractivity contribution in [2.75, 3.05) is 12.4 Å². The number of aromatic nitrogens is 6. The third kappa shape index (κ3) is 4.03. The Hall–Kier alpha value is -4.53. The number of methoxy groups -OCH3 is 1. The van der Waals surface area contributed by atoms with Crippen LogP contribution in [0.1, 0.15) is 21.7 Å². The first-order valence-electron chi connectivity index (χ1n) is 10.3. The van der Waals surface area contributed by atoms with Gasteiger partial charge < -0.3 is 14.6 Å². The van der Waals surface area contributed by atoms with Crippen molar-refractivity contribution in [2.45, 2.75) is 13.5 Å². The van der Waals surface area contributed by atoms with E-state index in [2.05, 4.69) is 25.4 Å². The van der Waals surface area contributed by atoms with Crippen LogP contribution in [-0.4, -0.2) is 42.7 Å². The summed E-state index contributed by atoms with van der Waals surface area (Å²) in [5.41, 5.74) is 4.43. The molecule has 164 valence electrons. The molecule has 5 aromatic rings. The second-order valence-corrected chi connectivity index (χ2v) is 7.51.